The van der Waals surface area contributed by atoms with E-state index in [1.807, 2.05) is 11.8 Å². The summed E-state index contributed by atoms with van der Waals surface area (Å²) in [5.74, 6) is 1.92. The van der Waals surface area contributed by atoms with Gasteiger partial charge in [0.2, 0.25) is 0 Å². The second kappa shape index (κ2) is 5.66. The van der Waals surface area contributed by atoms with Crippen LogP contribution in [0.25, 0.3) is 0 Å². The standard InChI is InChI=1S/C16H25NS/c1-16(2,3)13-6-7-15-14(11-13)12(8-9-17)5-4-10-18-15/h6-7,11-12H,4-5,8-10,17H2,1-3H3. The molecule has 0 aromatic heterocycles. The molecule has 100 valence electrons. The first-order valence-corrected chi connectivity index (χ1v) is 7.98. The molecule has 2 N–H and O–H groups in total. The maximum Gasteiger partial charge on any atom is 0.0107 e. The molecule has 1 aromatic carbocycles. The van der Waals surface area contributed by atoms with Gasteiger partial charge in [0.1, 0.15) is 0 Å². The molecule has 1 nitrogen and oxygen atoms in total. The van der Waals surface area contributed by atoms with Crippen LogP contribution >= 0.6 is 11.8 Å². The molecule has 1 aromatic rings. The van der Waals surface area contributed by atoms with Crippen molar-refractivity contribution in [3.8, 4) is 0 Å². The van der Waals surface area contributed by atoms with E-state index in [1.54, 1.807) is 5.56 Å². The van der Waals surface area contributed by atoms with Crippen LogP contribution in [0.5, 0.6) is 0 Å². The van der Waals surface area contributed by atoms with Crippen molar-refractivity contribution in [2.45, 2.75) is 56.3 Å². The fourth-order valence-electron chi connectivity index (χ4n) is 2.63. The Kier molecular flexibility index (Phi) is 4.39. The van der Waals surface area contributed by atoms with Gasteiger partial charge in [-0.3, -0.25) is 0 Å². The Hall–Kier alpha value is -0.470. The molecule has 0 bridgehead atoms. The molecule has 0 radical (unpaired) electrons. The van der Waals surface area contributed by atoms with Crippen LogP contribution in [0.1, 0.15) is 57.1 Å². The minimum atomic E-state index is 0.235. The summed E-state index contributed by atoms with van der Waals surface area (Å²) in [6.07, 6.45) is 3.74. The SMILES string of the molecule is CC(C)(C)c1ccc2c(c1)C(CCN)CCCS2. The molecule has 1 aliphatic heterocycles. The minimum absolute atomic E-state index is 0.235. The lowest BCUT2D eigenvalue weighted by molar-refractivity contribution is 0.563. The third kappa shape index (κ3) is 3.10. The predicted molar refractivity (Wildman–Crippen MR) is 81.5 cm³/mol. The van der Waals surface area contributed by atoms with Crippen molar-refractivity contribution < 1.29 is 0 Å². The van der Waals surface area contributed by atoms with Gasteiger partial charge in [0.25, 0.3) is 0 Å². The van der Waals surface area contributed by atoms with Gasteiger partial charge in [-0.05, 0) is 60.1 Å². The van der Waals surface area contributed by atoms with Gasteiger partial charge in [0.05, 0.1) is 0 Å². The maximum absolute atomic E-state index is 5.78. The molecule has 0 amide bonds. The van der Waals surface area contributed by atoms with Crippen LogP contribution in [0.15, 0.2) is 23.1 Å². The average Bonchev–Trinajstić information content (AvgIpc) is 2.51. The van der Waals surface area contributed by atoms with E-state index in [4.69, 9.17) is 5.73 Å². The van der Waals surface area contributed by atoms with Gasteiger partial charge in [-0.15, -0.1) is 11.8 Å². The molecular weight excluding hydrogens is 238 g/mol. The largest absolute Gasteiger partial charge is 0.330 e. The number of thioether (sulfide) groups is 1. The second-order valence-electron chi connectivity index (χ2n) is 6.27. The zero-order valence-electron chi connectivity index (χ0n) is 11.8. The molecule has 1 aliphatic rings. The van der Waals surface area contributed by atoms with Gasteiger partial charge in [-0.1, -0.05) is 32.9 Å². The number of nitrogens with two attached hydrogens (primary N) is 1. The lowest BCUT2D eigenvalue weighted by atomic mass is 9.83. The topological polar surface area (TPSA) is 26.0 Å². The smallest absolute Gasteiger partial charge is 0.0107 e. The van der Waals surface area contributed by atoms with Gasteiger partial charge in [0, 0.05) is 4.90 Å². The van der Waals surface area contributed by atoms with Crippen molar-refractivity contribution in [1.29, 1.82) is 0 Å². The predicted octanol–water partition coefficient (Wildman–Crippen LogP) is 4.30. The third-order valence-corrected chi connectivity index (χ3v) is 4.96. The molecule has 1 heterocycles. The molecule has 0 saturated carbocycles. The zero-order chi connectivity index (χ0) is 13.2. The summed E-state index contributed by atoms with van der Waals surface area (Å²) in [4.78, 5) is 1.49. The van der Waals surface area contributed by atoms with E-state index >= 15 is 0 Å². The Morgan fingerprint density at radius 1 is 1.33 bits per heavy atom. The average molecular weight is 263 g/mol. The summed E-state index contributed by atoms with van der Waals surface area (Å²) < 4.78 is 0. The van der Waals surface area contributed by atoms with E-state index < -0.39 is 0 Å². The van der Waals surface area contributed by atoms with Crippen molar-refractivity contribution in [3.63, 3.8) is 0 Å². The van der Waals surface area contributed by atoms with Crippen molar-refractivity contribution in [3.05, 3.63) is 29.3 Å². The summed E-state index contributed by atoms with van der Waals surface area (Å²) in [6, 6.07) is 7.07. The Balaban J connectivity index is 2.39. The highest BCUT2D eigenvalue weighted by atomic mass is 32.2. The molecule has 0 fully saturated rings. The number of hydrogen-bond donors (Lipinski definition) is 1. The Bertz CT molecular complexity index is 406. The molecule has 18 heavy (non-hydrogen) atoms. The minimum Gasteiger partial charge on any atom is -0.330 e. The highest BCUT2D eigenvalue weighted by Crippen LogP contribution is 2.39. The highest BCUT2D eigenvalue weighted by molar-refractivity contribution is 7.99. The number of rotatable bonds is 2. The maximum atomic E-state index is 5.78. The Labute approximate surface area is 116 Å². The van der Waals surface area contributed by atoms with E-state index in [0.717, 1.165) is 13.0 Å². The monoisotopic (exact) mass is 263 g/mol. The molecule has 1 atom stereocenters. The number of hydrogen-bond acceptors (Lipinski definition) is 2. The zero-order valence-corrected chi connectivity index (χ0v) is 12.6. The van der Waals surface area contributed by atoms with Crippen LogP contribution in [0, 0.1) is 0 Å². The summed E-state index contributed by atoms with van der Waals surface area (Å²) in [6.45, 7) is 7.66. The fourth-order valence-corrected chi connectivity index (χ4v) is 3.72. The number of benzene rings is 1. The van der Waals surface area contributed by atoms with Crippen molar-refractivity contribution >= 4 is 11.8 Å². The van der Waals surface area contributed by atoms with E-state index in [-0.39, 0.29) is 5.41 Å². The van der Waals surface area contributed by atoms with Crippen molar-refractivity contribution in [2.24, 2.45) is 5.73 Å². The Morgan fingerprint density at radius 3 is 2.78 bits per heavy atom. The van der Waals surface area contributed by atoms with Crippen LogP contribution < -0.4 is 5.73 Å². The normalized spacial score (nSPS) is 20.3. The lowest BCUT2D eigenvalue weighted by Crippen LogP contribution is -2.13. The van der Waals surface area contributed by atoms with E-state index in [1.165, 1.54) is 29.1 Å². The first kappa shape index (κ1) is 14.0. The first-order chi connectivity index (χ1) is 8.52. The molecule has 0 spiro atoms. The summed E-state index contributed by atoms with van der Waals surface area (Å²) >= 11 is 2.02. The van der Waals surface area contributed by atoms with Gasteiger partial charge in [-0.25, -0.2) is 0 Å². The van der Waals surface area contributed by atoms with Gasteiger partial charge in [0.15, 0.2) is 0 Å². The third-order valence-electron chi connectivity index (χ3n) is 3.79. The van der Waals surface area contributed by atoms with Crippen LogP contribution in [-0.4, -0.2) is 12.3 Å². The van der Waals surface area contributed by atoms with Crippen LogP contribution in [-0.2, 0) is 5.41 Å². The van der Waals surface area contributed by atoms with Crippen LogP contribution in [0.2, 0.25) is 0 Å². The van der Waals surface area contributed by atoms with Crippen molar-refractivity contribution in [1.82, 2.24) is 0 Å². The second-order valence-corrected chi connectivity index (χ2v) is 7.40. The molecule has 0 aliphatic carbocycles. The summed E-state index contributed by atoms with van der Waals surface area (Å²) in [5.41, 5.74) is 9.02. The molecular formula is C16H25NS. The molecule has 1 unspecified atom stereocenters. The number of fused-ring (bicyclic) bond motifs is 1. The van der Waals surface area contributed by atoms with Crippen molar-refractivity contribution in [2.75, 3.05) is 12.3 Å². The fraction of sp³-hybridized carbons (Fsp3) is 0.625. The van der Waals surface area contributed by atoms with Gasteiger partial charge in [-0.2, -0.15) is 0 Å². The van der Waals surface area contributed by atoms with E-state index in [9.17, 15) is 0 Å². The molecule has 2 heteroatoms. The van der Waals surface area contributed by atoms with E-state index in [0.29, 0.717) is 5.92 Å². The Morgan fingerprint density at radius 2 is 2.11 bits per heavy atom. The summed E-state index contributed by atoms with van der Waals surface area (Å²) in [5, 5.41) is 0. The molecule has 0 saturated heterocycles. The van der Waals surface area contributed by atoms with E-state index in [2.05, 4.69) is 39.0 Å². The highest BCUT2D eigenvalue weighted by Gasteiger charge is 2.21. The summed E-state index contributed by atoms with van der Waals surface area (Å²) in [7, 11) is 0. The lowest BCUT2D eigenvalue weighted by Gasteiger charge is -2.23. The first-order valence-electron chi connectivity index (χ1n) is 6.99. The quantitative estimate of drug-likeness (QED) is 0.861. The van der Waals surface area contributed by atoms with Crippen LogP contribution in [0.4, 0.5) is 0 Å². The van der Waals surface area contributed by atoms with Gasteiger partial charge < -0.3 is 5.73 Å². The van der Waals surface area contributed by atoms with Crippen LogP contribution in [0.3, 0.4) is 0 Å². The molecule has 2 rings (SSSR count). The van der Waals surface area contributed by atoms with Gasteiger partial charge >= 0.3 is 0 Å².